The minimum atomic E-state index is -0.684. The summed E-state index contributed by atoms with van der Waals surface area (Å²) in [6, 6.07) is -0.684. The van der Waals surface area contributed by atoms with E-state index in [1.54, 1.807) is 12.2 Å². The Kier molecular flexibility index (Phi) is 8.27. The minimum absolute atomic E-state index is 0.0968. The number of methoxy groups -OCH3 is 1. The summed E-state index contributed by atoms with van der Waals surface area (Å²) in [5.41, 5.74) is 6.41. The zero-order chi connectivity index (χ0) is 13.3. The monoisotopic (exact) mass is 244 g/mol. The summed E-state index contributed by atoms with van der Waals surface area (Å²) in [7, 11) is 1.49. The highest BCUT2D eigenvalue weighted by Crippen LogP contribution is 2.11. The second-order valence-corrected chi connectivity index (χ2v) is 3.60. The van der Waals surface area contributed by atoms with E-state index in [1.807, 2.05) is 13.0 Å². The number of rotatable bonds is 7. The van der Waals surface area contributed by atoms with E-state index in [-0.39, 0.29) is 5.91 Å². The quantitative estimate of drug-likeness (QED) is 0.655. The Morgan fingerprint density at radius 1 is 1.59 bits per heavy atom. The Morgan fingerprint density at radius 2 is 2.24 bits per heavy atom. The molecule has 0 aromatic heterocycles. The van der Waals surface area contributed by atoms with E-state index in [9.17, 15) is 9.18 Å². The lowest BCUT2D eigenvalue weighted by Crippen LogP contribution is -2.39. The van der Waals surface area contributed by atoms with Crippen LogP contribution in [0.4, 0.5) is 4.39 Å². The molecule has 4 nitrogen and oxygen atoms in total. The second-order valence-electron chi connectivity index (χ2n) is 3.60. The first-order chi connectivity index (χ1) is 8.06. The van der Waals surface area contributed by atoms with Crippen LogP contribution in [-0.4, -0.2) is 38.4 Å². The molecule has 0 aromatic carbocycles. The van der Waals surface area contributed by atoms with Gasteiger partial charge in [0.2, 0.25) is 5.91 Å². The van der Waals surface area contributed by atoms with Crippen LogP contribution in [0.2, 0.25) is 0 Å². The van der Waals surface area contributed by atoms with Gasteiger partial charge in [-0.25, -0.2) is 4.39 Å². The van der Waals surface area contributed by atoms with Gasteiger partial charge in [0.05, 0.1) is 12.1 Å². The Hall–Kier alpha value is -1.20. The predicted octanol–water partition coefficient (Wildman–Crippen LogP) is 0.937. The Labute approximate surface area is 102 Å². The van der Waals surface area contributed by atoms with Crippen LogP contribution < -0.4 is 11.1 Å². The molecule has 0 radical (unpaired) electrons. The first kappa shape index (κ1) is 15.8. The van der Waals surface area contributed by atoms with E-state index in [0.717, 1.165) is 5.57 Å². The van der Waals surface area contributed by atoms with E-state index < -0.39 is 18.8 Å². The Bertz CT molecular complexity index is 290. The molecule has 0 saturated heterocycles. The molecule has 1 amide bonds. The molecule has 2 atom stereocenters. The molecular formula is C12H21FN2O2. The smallest absolute Gasteiger partial charge is 0.217 e. The molecule has 3 N–H and O–H groups in total. The van der Waals surface area contributed by atoms with Crippen LogP contribution >= 0.6 is 0 Å². The van der Waals surface area contributed by atoms with Gasteiger partial charge in [-0.1, -0.05) is 18.2 Å². The SMILES string of the molecule is C/C=C(\C=C/CNC(C)=O)C(OC)C(N)CF. The topological polar surface area (TPSA) is 64.3 Å². The third-order valence-corrected chi connectivity index (χ3v) is 2.26. The van der Waals surface area contributed by atoms with Crippen molar-refractivity contribution in [2.45, 2.75) is 26.0 Å². The van der Waals surface area contributed by atoms with Crippen LogP contribution in [0.5, 0.6) is 0 Å². The van der Waals surface area contributed by atoms with E-state index in [1.165, 1.54) is 14.0 Å². The predicted molar refractivity (Wildman–Crippen MR) is 66.3 cm³/mol. The van der Waals surface area contributed by atoms with Crippen molar-refractivity contribution in [2.24, 2.45) is 5.73 Å². The average molecular weight is 244 g/mol. The van der Waals surface area contributed by atoms with Crippen LogP contribution in [0.15, 0.2) is 23.8 Å². The van der Waals surface area contributed by atoms with Crippen LogP contribution in [-0.2, 0) is 9.53 Å². The van der Waals surface area contributed by atoms with Crippen LogP contribution in [0, 0.1) is 0 Å². The minimum Gasteiger partial charge on any atom is -0.375 e. The molecule has 0 aromatic rings. The summed E-state index contributed by atoms with van der Waals surface area (Å²) < 4.78 is 17.7. The molecule has 0 fully saturated rings. The number of allylic oxidation sites excluding steroid dienone is 1. The molecule has 98 valence electrons. The largest absolute Gasteiger partial charge is 0.375 e. The lowest BCUT2D eigenvalue weighted by atomic mass is 10.0. The van der Waals surface area contributed by atoms with Gasteiger partial charge in [-0.3, -0.25) is 4.79 Å². The fourth-order valence-corrected chi connectivity index (χ4v) is 1.39. The molecule has 0 aliphatic rings. The standard InChI is InChI=1S/C12H21FN2O2/c1-4-10(6-5-7-15-9(2)16)12(17-3)11(14)8-13/h4-6,11-12H,7-8,14H2,1-3H3,(H,15,16)/b6-5-,10-4+. The van der Waals surface area contributed by atoms with Gasteiger partial charge < -0.3 is 15.8 Å². The number of carbonyl (C=O) groups excluding carboxylic acids is 1. The van der Waals surface area contributed by atoms with Gasteiger partial charge in [-0.05, 0) is 12.5 Å². The molecule has 0 aliphatic heterocycles. The number of nitrogens with one attached hydrogen (secondary N) is 1. The average Bonchev–Trinajstić information content (AvgIpc) is 2.32. The highest BCUT2D eigenvalue weighted by molar-refractivity contribution is 5.72. The number of amides is 1. The maximum atomic E-state index is 12.5. The highest BCUT2D eigenvalue weighted by atomic mass is 19.1. The molecule has 17 heavy (non-hydrogen) atoms. The number of hydrogen-bond donors (Lipinski definition) is 2. The zero-order valence-corrected chi connectivity index (χ0v) is 10.6. The maximum Gasteiger partial charge on any atom is 0.217 e. The van der Waals surface area contributed by atoms with Gasteiger partial charge in [0.15, 0.2) is 0 Å². The van der Waals surface area contributed by atoms with Crippen molar-refractivity contribution in [1.29, 1.82) is 0 Å². The van der Waals surface area contributed by atoms with Gasteiger partial charge in [0.25, 0.3) is 0 Å². The van der Waals surface area contributed by atoms with Crippen LogP contribution in [0.1, 0.15) is 13.8 Å². The van der Waals surface area contributed by atoms with Gasteiger partial charge in [0.1, 0.15) is 6.67 Å². The fraction of sp³-hybridized carbons (Fsp3) is 0.583. The number of nitrogens with two attached hydrogens (primary N) is 1. The van der Waals surface area contributed by atoms with Crippen molar-refractivity contribution in [2.75, 3.05) is 20.3 Å². The summed E-state index contributed by atoms with van der Waals surface area (Å²) in [6.45, 7) is 3.06. The van der Waals surface area contributed by atoms with Gasteiger partial charge in [-0.2, -0.15) is 0 Å². The molecule has 0 aliphatic carbocycles. The number of hydrogen-bond acceptors (Lipinski definition) is 3. The molecule has 0 bridgehead atoms. The summed E-state index contributed by atoms with van der Waals surface area (Å²) in [6.07, 6.45) is 4.89. The summed E-state index contributed by atoms with van der Waals surface area (Å²) >= 11 is 0. The number of carbonyl (C=O) groups is 1. The van der Waals surface area contributed by atoms with E-state index in [4.69, 9.17) is 10.5 Å². The second kappa shape index (κ2) is 8.90. The zero-order valence-electron chi connectivity index (χ0n) is 10.6. The molecule has 0 heterocycles. The summed E-state index contributed by atoms with van der Waals surface area (Å²) in [5.74, 6) is -0.0968. The van der Waals surface area contributed by atoms with Crippen molar-refractivity contribution in [3.63, 3.8) is 0 Å². The van der Waals surface area contributed by atoms with Crippen LogP contribution in [0.3, 0.4) is 0 Å². The summed E-state index contributed by atoms with van der Waals surface area (Å²) in [5, 5.41) is 2.63. The van der Waals surface area contributed by atoms with E-state index in [0.29, 0.717) is 6.54 Å². The van der Waals surface area contributed by atoms with Crippen molar-refractivity contribution in [1.82, 2.24) is 5.32 Å². The molecule has 0 rings (SSSR count). The van der Waals surface area contributed by atoms with Crippen LogP contribution in [0.25, 0.3) is 0 Å². The first-order valence-electron chi connectivity index (χ1n) is 5.48. The molecule has 2 unspecified atom stereocenters. The lowest BCUT2D eigenvalue weighted by molar-refractivity contribution is -0.118. The fourth-order valence-electron chi connectivity index (χ4n) is 1.39. The van der Waals surface area contributed by atoms with Gasteiger partial charge in [0, 0.05) is 20.6 Å². The third kappa shape index (κ3) is 6.19. The van der Waals surface area contributed by atoms with E-state index >= 15 is 0 Å². The highest BCUT2D eigenvalue weighted by Gasteiger charge is 2.19. The third-order valence-electron chi connectivity index (χ3n) is 2.26. The van der Waals surface area contributed by atoms with Gasteiger partial charge >= 0.3 is 0 Å². The Morgan fingerprint density at radius 3 is 2.65 bits per heavy atom. The number of alkyl halides is 1. The maximum absolute atomic E-state index is 12.5. The lowest BCUT2D eigenvalue weighted by Gasteiger charge is -2.21. The molecular weight excluding hydrogens is 223 g/mol. The first-order valence-corrected chi connectivity index (χ1v) is 5.48. The molecule has 5 heteroatoms. The summed E-state index contributed by atoms with van der Waals surface area (Å²) in [4.78, 5) is 10.6. The Balaban J connectivity index is 4.45. The number of ether oxygens (including phenoxy) is 1. The van der Waals surface area contributed by atoms with Crippen molar-refractivity contribution >= 4 is 5.91 Å². The van der Waals surface area contributed by atoms with Crippen molar-refractivity contribution < 1.29 is 13.9 Å². The molecule has 0 saturated carbocycles. The number of halogens is 1. The molecule has 0 spiro atoms. The van der Waals surface area contributed by atoms with Crippen molar-refractivity contribution in [3.05, 3.63) is 23.8 Å². The van der Waals surface area contributed by atoms with Crippen molar-refractivity contribution in [3.8, 4) is 0 Å². The van der Waals surface area contributed by atoms with Gasteiger partial charge in [-0.15, -0.1) is 0 Å². The normalized spacial score (nSPS) is 15.9. The van der Waals surface area contributed by atoms with E-state index in [2.05, 4.69) is 5.32 Å².